The molecule has 0 aromatic heterocycles. The van der Waals surface area contributed by atoms with E-state index >= 15 is 0 Å². The molecular weight excluding hydrogens is 412 g/mol. The van der Waals surface area contributed by atoms with Crippen molar-refractivity contribution in [1.29, 1.82) is 0 Å². The number of rotatable bonds is 5. The molecule has 1 aliphatic heterocycles. The zero-order valence-corrected chi connectivity index (χ0v) is 17.1. The molecule has 1 saturated carbocycles. The first kappa shape index (κ1) is 22.2. The Morgan fingerprint density at radius 3 is 2.37 bits per heavy atom. The van der Waals surface area contributed by atoms with Crippen molar-refractivity contribution >= 4 is 29.9 Å². The van der Waals surface area contributed by atoms with Crippen molar-refractivity contribution in [3.05, 3.63) is 65.2 Å². The van der Waals surface area contributed by atoms with Gasteiger partial charge in [-0.15, -0.1) is 12.4 Å². The number of hydrogen-bond acceptors (Lipinski definition) is 3. The minimum absolute atomic E-state index is 0. The molecule has 0 spiro atoms. The Morgan fingerprint density at radius 2 is 1.70 bits per heavy atom. The van der Waals surface area contributed by atoms with Crippen LogP contribution in [0.2, 0.25) is 0 Å². The lowest BCUT2D eigenvalue weighted by molar-refractivity contribution is -0.117. The molecule has 3 N–H and O–H groups in total. The van der Waals surface area contributed by atoms with Gasteiger partial charge < -0.3 is 16.0 Å². The van der Waals surface area contributed by atoms with Gasteiger partial charge in [-0.1, -0.05) is 6.07 Å². The van der Waals surface area contributed by atoms with Crippen LogP contribution in [0.3, 0.4) is 0 Å². The van der Waals surface area contributed by atoms with Gasteiger partial charge in [-0.25, -0.2) is 8.78 Å². The SMILES string of the molecule is Cl.O=C(NC1CNCCC1c1ccc(F)c(F)c1)c1ccc(NC(=O)C2CC2)cc1. The number of halogens is 3. The highest BCUT2D eigenvalue weighted by atomic mass is 35.5. The lowest BCUT2D eigenvalue weighted by atomic mass is 9.85. The number of nitrogens with one attached hydrogen (secondary N) is 3. The van der Waals surface area contributed by atoms with Crippen molar-refractivity contribution in [2.24, 2.45) is 5.92 Å². The second kappa shape index (κ2) is 9.53. The summed E-state index contributed by atoms with van der Waals surface area (Å²) >= 11 is 0. The smallest absolute Gasteiger partial charge is 0.251 e. The fourth-order valence-electron chi connectivity index (χ4n) is 3.70. The molecule has 2 fully saturated rings. The van der Waals surface area contributed by atoms with Gasteiger partial charge in [-0.05, 0) is 67.8 Å². The number of benzene rings is 2. The first-order valence-electron chi connectivity index (χ1n) is 9.89. The molecule has 30 heavy (non-hydrogen) atoms. The Labute approximate surface area is 180 Å². The van der Waals surface area contributed by atoms with Gasteiger partial charge in [-0.2, -0.15) is 0 Å². The van der Waals surface area contributed by atoms with E-state index in [9.17, 15) is 18.4 Å². The molecule has 1 heterocycles. The highest BCUT2D eigenvalue weighted by Gasteiger charge is 2.30. The summed E-state index contributed by atoms with van der Waals surface area (Å²) < 4.78 is 26.9. The summed E-state index contributed by atoms with van der Waals surface area (Å²) in [7, 11) is 0. The largest absolute Gasteiger partial charge is 0.347 e. The molecule has 2 aromatic carbocycles. The summed E-state index contributed by atoms with van der Waals surface area (Å²) in [5.41, 5.74) is 1.82. The van der Waals surface area contributed by atoms with E-state index in [4.69, 9.17) is 0 Å². The van der Waals surface area contributed by atoms with E-state index in [0.717, 1.165) is 25.5 Å². The van der Waals surface area contributed by atoms with Gasteiger partial charge in [0.1, 0.15) is 0 Å². The number of piperidine rings is 1. The predicted octanol–water partition coefficient (Wildman–Crippen LogP) is 3.61. The Morgan fingerprint density at radius 1 is 0.967 bits per heavy atom. The molecule has 0 radical (unpaired) electrons. The van der Waals surface area contributed by atoms with Gasteiger partial charge in [0.05, 0.1) is 0 Å². The summed E-state index contributed by atoms with van der Waals surface area (Å²) in [4.78, 5) is 24.5. The lowest BCUT2D eigenvalue weighted by Crippen LogP contribution is -2.50. The van der Waals surface area contributed by atoms with Gasteiger partial charge >= 0.3 is 0 Å². The molecule has 2 unspecified atom stereocenters. The number of amides is 2. The molecular formula is C22H24ClF2N3O2. The summed E-state index contributed by atoms with van der Waals surface area (Å²) in [6, 6.07) is 10.4. The van der Waals surface area contributed by atoms with Gasteiger partial charge in [0.15, 0.2) is 11.6 Å². The van der Waals surface area contributed by atoms with Crippen molar-refractivity contribution < 1.29 is 18.4 Å². The fourth-order valence-corrected chi connectivity index (χ4v) is 3.70. The van der Waals surface area contributed by atoms with E-state index in [1.54, 1.807) is 30.3 Å². The zero-order valence-electron chi connectivity index (χ0n) is 16.3. The molecule has 2 amide bonds. The van der Waals surface area contributed by atoms with Crippen LogP contribution in [0.1, 0.15) is 41.1 Å². The first-order chi connectivity index (χ1) is 14.0. The highest BCUT2D eigenvalue weighted by molar-refractivity contribution is 5.97. The van der Waals surface area contributed by atoms with Crippen LogP contribution in [0.25, 0.3) is 0 Å². The minimum atomic E-state index is -0.880. The quantitative estimate of drug-likeness (QED) is 0.672. The second-order valence-electron chi connectivity index (χ2n) is 7.69. The molecule has 4 rings (SSSR count). The molecule has 1 saturated heterocycles. The fraction of sp³-hybridized carbons (Fsp3) is 0.364. The van der Waals surface area contributed by atoms with Crippen LogP contribution in [-0.2, 0) is 4.79 Å². The Balaban J connectivity index is 0.00000256. The number of carbonyl (C=O) groups excluding carboxylic acids is 2. The van der Waals surface area contributed by atoms with Gasteiger partial charge in [0, 0.05) is 35.7 Å². The van der Waals surface area contributed by atoms with Crippen LogP contribution in [-0.4, -0.2) is 30.9 Å². The maximum atomic E-state index is 13.7. The topological polar surface area (TPSA) is 70.2 Å². The lowest BCUT2D eigenvalue weighted by Gasteiger charge is -2.33. The molecule has 2 atom stereocenters. The van der Waals surface area contributed by atoms with Crippen LogP contribution in [0.15, 0.2) is 42.5 Å². The molecule has 0 bridgehead atoms. The molecule has 8 heteroatoms. The average molecular weight is 436 g/mol. The number of carbonyl (C=O) groups is 2. The third-order valence-electron chi connectivity index (χ3n) is 5.53. The van der Waals surface area contributed by atoms with E-state index in [1.165, 1.54) is 6.07 Å². The Bertz CT molecular complexity index is 919. The summed E-state index contributed by atoms with van der Waals surface area (Å²) in [6.07, 6.45) is 2.57. The maximum absolute atomic E-state index is 13.7. The maximum Gasteiger partial charge on any atom is 0.251 e. The van der Waals surface area contributed by atoms with Crippen molar-refractivity contribution in [3.8, 4) is 0 Å². The predicted molar refractivity (Wildman–Crippen MR) is 113 cm³/mol. The van der Waals surface area contributed by atoms with E-state index in [1.807, 2.05) is 0 Å². The number of anilines is 1. The summed E-state index contributed by atoms with van der Waals surface area (Å²) in [6.45, 7) is 1.29. The van der Waals surface area contributed by atoms with Crippen LogP contribution in [0, 0.1) is 17.6 Å². The molecule has 2 aliphatic rings. The number of hydrogen-bond donors (Lipinski definition) is 3. The van der Waals surface area contributed by atoms with Crippen molar-refractivity contribution in [2.45, 2.75) is 31.2 Å². The van der Waals surface area contributed by atoms with E-state index in [0.29, 0.717) is 29.8 Å². The monoisotopic (exact) mass is 435 g/mol. The van der Waals surface area contributed by atoms with E-state index in [-0.39, 0.29) is 42.1 Å². The molecule has 5 nitrogen and oxygen atoms in total. The van der Waals surface area contributed by atoms with Crippen molar-refractivity contribution in [1.82, 2.24) is 10.6 Å². The highest BCUT2D eigenvalue weighted by Crippen LogP contribution is 2.30. The van der Waals surface area contributed by atoms with Crippen LogP contribution in [0.4, 0.5) is 14.5 Å². The average Bonchev–Trinajstić information content (AvgIpc) is 3.56. The third-order valence-corrected chi connectivity index (χ3v) is 5.53. The molecule has 2 aromatic rings. The van der Waals surface area contributed by atoms with Crippen molar-refractivity contribution in [2.75, 3.05) is 18.4 Å². The minimum Gasteiger partial charge on any atom is -0.347 e. The Kier molecular flexibility index (Phi) is 7.05. The molecule has 1 aliphatic carbocycles. The molecule has 160 valence electrons. The zero-order chi connectivity index (χ0) is 20.4. The van der Waals surface area contributed by atoms with Crippen LogP contribution < -0.4 is 16.0 Å². The van der Waals surface area contributed by atoms with Gasteiger partial charge in [0.2, 0.25) is 5.91 Å². The Hall–Kier alpha value is -2.51. The van der Waals surface area contributed by atoms with Crippen molar-refractivity contribution in [3.63, 3.8) is 0 Å². The van der Waals surface area contributed by atoms with Crippen LogP contribution >= 0.6 is 12.4 Å². The summed E-state index contributed by atoms with van der Waals surface area (Å²) in [5, 5.41) is 9.08. The van der Waals surface area contributed by atoms with E-state index < -0.39 is 11.6 Å². The summed E-state index contributed by atoms with van der Waals surface area (Å²) in [5.74, 6) is -1.97. The van der Waals surface area contributed by atoms with E-state index in [2.05, 4.69) is 16.0 Å². The second-order valence-corrected chi connectivity index (χ2v) is 7.69. The van der Waals surface area contributed by atoms with Crippen LogP contribution in [0.5, 0.6) is 0 Å². The van der Waals surface area contributed by atoms with Gasteiger partial charge in [-0.3, -0.25) is 9.59 Å². The third kappa shape index (κ3) is 5.15. The van der Waals surface area contributed by atoms with Gasteiger partial charge in [0.25, 0.3) is 5.91 Å². The first-order valence-corrected chi connectivity index (χ1v) is 9.89. The standard InChI is InChI=1S/C22H23F2N3O2.ClH/c23-18-8-5-15(11-19(18)24)17-9-10-25-12-20(17)27-22(29)14-3-6-16(7-4-14)26-21(28)13-1-2-13;/h3-8,11,13,17,20,25H,1-2,9-10,12H2,(H,26,28)(H,27,29);1H. The normalized spacial score (nSPS) is 20.7.